The van der Waals surface area contributed by atoms with Crippen LogP contribution in [0.25, 0.3) is 23.4 Å². The fraction of sp³-hybridized carbons (Fsp3) is 0.176. The number of hydrogen-bond acceptors (Lipinski definition) is 4. The molecule has 0 saturated carbocycles. The molecule has 0 aliphatic carbocycles. The summed E-state index contributed by atoms with van der Waals surface area (Å²) >= 11 is 1.63. The summed E-state index contributed by atoms with van der Waals surface area (Å²) in [6, 6.07) is 8.42. The van der Waals surface area contributed by atoms with Crippen LogP contribution in [-0.2, 0) is 0 Å². The highest BCUT2D eigenvalue weighted by Crippen LogP contribution is 2.24. The standard InChI is InChI=1S/C17H16N2OS/c1-11-4-6-14(7-5-11)16-10-21-17(18-16)9-8-15-12(2)19-20-13(15)3/h4-10H,1-3H3. The quantitative estimate of drug-likeness (QED) is 0.690. The molecule has 2 heterocycles. The van der Waals surface area contributed by atoms with Gasteiger partial charge in [-0.05, 0) is 32.9 Å². The van der Waals surface area contributed by atoms with Gasteiger partial charge < -0.3 is 4.52 Å². The Morgan fingerprint density at radius 2 is 1.81 bits per heavy atom. The van der Waals surface area contributed by atoms with E-state index in [0.29, 0.717) is 0 Å². The van der Waals surface area contributed by atoms with Crippen molar-refractivity contribution < 1.29 is 4.52 Å². The van der Waals surface area contributed by atoms with Crippen LogP contribution in [0.1, 0.15) is 27.6 Å². The Hall–Kier alpha value is -2.20. The van der Waals surface area contributed by atoms with Crippen molar-refractivity contribution in [1.29, 1.82) is 0 Å². The van der Waals surface area contributed by atoms with Gasteiger partial charge in [0, 0.05) is 16.5 Å². The Morgan fingerprint density at radius 1 is 1.05 bits per heavy atom. The summed E-state index contributed by atoms with van der Waals surface area (Å²) in [6.45, 7) is 5.94. The van der Waals surface area contributed by atoms with Crippen molar-refractivity contribution in [3.05, 3.63) is 57.2 Å². The van der Waals surface area contributed by atoms with Crippen molar-refractivity contribution in [3.63, 3.8) is 0 Å². The molecule has 0 bridgehead atoms. The lowest BCUT2D eigenvalue weighted by Gasteiger charge is -1.96. The molecule has 0 unspecified atom stereocenters. The Kier molecular flexibility index (Phi) is 3.71. The molecular formula is C17H16N2OS. The van der Waals surface area contributed by atoms with E-state index in [4.69, 9.17) is 4.52 Å². The molecular weight excluding hydrogens is 280 g/mol. The summed E-state index contributed by atoms with van der Waals surface area (Å²) in [5.41, 5.74) is 5.35. The molecule has 0 aliphatic heterocycles. The molecule has 2 aromatic heterocycles. The number of benzene rings is 1. The SMILES string of the molecule is Cc1ccc(-c2csc(C=Cc3c(C)noc3C)n2)cc1. The first-order valence-corrected chi connectivity index (χ1v) is 7.65. The molecule has 0 aliphatic rings. The number of aromatic nitrogens is 2. The maximum Gasteiger partial charge on any atom is 0.141 e. The Balaban J connectivity index is 1.84. The average Bonchev–Trinajstić information content (AvgIpc) is 3.06. The van der Waals surface area contributed by atoms with Gasteiger partial charge in [-0.25, -0.2) is 4.98 Å². The number of aryl methyl sites for hydroxylation is 3. The lowest BCUT2D eigenvalue weighted by Crippen LogP contribution is -1.79. The van der Waals surface area contributed by atoms with Crippen molar-refractivity contribution in [2.24, 2.45) is 0 Å². The third-order valence-electron chi connectivity index (χ3n) is 3.35. The van der Waals surface area contributed by atoms with Gasteiger partial charge >= 0.3 is 0 Å². The fourth-order valence-corrected chi connectivity index (χ4v) is 2.82. The Bertz CT molecular complexity index is 762. The molecule has 3 aromatic rings. The normalized spacial score (nSPS) is 11.4. The van der Waals surface area contributed by atoms with Crippen molar-refractivity contribution in [1.82, 2.24) is 10.1 Å². The molecule has 0 amide bonds. The first kappa shape index (κ1) is 13.8. The molecule has 0 spiro atoms. The summed E-state index contributed by atoms with van der Waals surface area (Å²) in [5, 5.41) is 7.00. The topological polar surface area (TPSA) is 38.9 Å². The second kappa shape index (κ2) is 5.66. The van der Waals surface area contributed by atoms with Crippen molar-refractivity contribution in [2.75, 3.05) is 0 Å². The summed E-state index contributed by atoms with van der Waals surface area (Å²) in [7, 11) is 0. The lowest BCUT2D eigenvalue weighted by molar-refractivity contribution is 0.393. The van der Waals surface area contributed by atoms with Crippen molar-refractivity contribution >= 4 is 23.5 Å². The first-order valence-electron chi connectivity index (χ1n) is 6.77. The van der Waals surface area contributed by atoms with E-state index in [1.165, 1.54) is 5.56 Å². The summed E-state index contributed by atoms with van der Waals surface area (Å²) < 4.78 is 5.15. The summed E-state index contributed by atoms with van der Waals surface area (Å²) in [6.07, 6.45) is 4.02. The van der Waals surface area contributed by atoms with Gasteiger partial charge in [0.25, 0.3) is 0 Å². The first-order chi connectivity index (χ1) is 10.1. The molecule has 3 nitrogen and oxygen atoms in total. The number of nitrogens with zero attached hydrogens (tertiary/aromatic N) is 2. The highest BCUT2D eigenvalue weighted by Gasteiger charge is 2.06. The third-order valence-corrected chi connectivity index (χ3v) is 4.16. The molecule has 3 rings (SSSR count). The average molecular weight is 296 g/mol. The van der Waals surface area contributed by atoms with Crippen LogP contribution in [0, 0.1) is 20.8 Å². The lowest BCUT2D eigenvalue weighted by atomic mass is 10.1. The molecule has 0 N–H and O–H groups in total. The Labute approximate surface area is 128 Å². The third kappa shape index (κ3) is 2.95. The second-order valence-electron chi connectivity index (χ2n) is 5.01. The van der Waals surface area contributed by atoms with E-state index in [-0.39, 0.29) is 0 Å². The van der Waals surface area contributed by atoms with Crippen LogP contribution in [0.15, 0.2) is 34.2 Å². The molecule has 21 heavy (non-hydrogen) atoms. The van der Waals surface area contributed by atoms with Gasteiger partial charge in [0.1, 0.15) is 10.8 Å². The number of hydrogen-bond donors (Lipinski definition) is 0. The fourth-order valence-electron chi connectivity index (χ4n) is 2.10. The minimum Gasteiger partial charge on any atom is -0.361 e. The van der Waals surface area contributed by atoms with Crippen LogP contribution in [0.3, 0.4) is 0 Å². The van der Waals surface area contributed by atoms with Crippen molar-refractivity contribution in [2.45, 2.75) is 20.8 Å². The molecule has 0 saturated heterocycles. The molecule has 0 atom stereocenters. The van der Waals surface area contributed by atoms with E-state index in [9.17, 15) is 0 Å². The largest absolute Gasteiger partial charge is 0.361 e. The van der Waals surface area contributed by atoms with Crippen LogP contribution < -0.4 is 0 Å². The van der Waals surface area contributed by atoms with E-state index >= 15 is 0 Å². The maximum absolute atomic E-state index is 5.15. The highest BCUT2D eigenvalue weighted by molar-refractivity contribution is 7.10. The van der Waals surface area contributed by atoms with E-state index in [1.54, 1.807) is 11.3 Å². The van der Waals surface area contributed by atoms with Gasteiger partial charge in [-0.1, -0.05) is 35.0 Å². The van der Waals surface area contributed by atoms with Gasteiger partial charge in [0.2, 0.25) is 0 Å². The molecule has 0 radical (unpaired) electrons. The minimum absolute atomic E-state index is 0.832. The van der Waals surface area contributed by atoms with E-state index in [1.807, 2.05) is 26.0 Å². The zero-order chi connectivity index (χ0) is 14.8. The van der Waals surface area contributed by atoms with Crippen LogP contribution in [0.5, 0.6) is 0 Å². The molecule has 0 fully saturated rings. The molecule has 106 valence electrons. The zero-order valence-electron chi connectivity index (χ0n) is 12.3. The maximum atomic E-state index is 5.15. The smallest absolute Gasteiger partial charge is 0.141 e. The van der Waals surface area contributed by atoms with Gasteiger partial charge in [-0.2, -0.15) is 0 Å². The zero-order valence-corrected chi connectivity index (χ0v) is 13.1. The van der Waals surface area contributed by atoms with Crippen molar-refractivity contribution in [3.8, 4) is 11.3 Å². The van der Waals surface area contributed by atoms with Gasteiger partial charge in [0.15, 0.2) is 0 Å². The highest BCUT2D eigenvalue weighted by atomic mass is 32.1. The van der Waals surface area contributed by atoms with Gasteiger partial charge in [-0.3, -0.25) is 0 Å². The monoisotopic (exact) mass is 296 g/mol. The predicted octanol–water partition coefficient (Wildman–Crippen LogP) is 4.89. The van der Waals surface area contributed by atoms with E-state index in [0.717, 1.165) is 33.3 Å². The number of thiazole rings is 1. The van der Waals surface area contributed by atoms with Crippen LogP contribution >= 0.6 is 11.3 Å². The second-order valence-corrected chi connectivity index (χ2v) is 5.90. The van der Waals surface area contributed by atoms with Crippen LogP contribution in [0.2, 0.25) is 0 Å². The Morgan fingerprint density at radius 3 is 2.48 bits per heavy atom. The summed E-state index contributed by atoms with van der Waals surface area (Å²) in [4.78, 5) is 4.65. The van der Waals surface area contributed by atoms with Crippen LogP contribution in [-0.4, -0.2) is 10.1 Å². The molecule has 4 heteroatoms. The van der Waals surface area contributed by atoms with E-state index in [2.05, 4.69) is 46.7 Å². The molecule has 1 aromatic carbocycles. The van der Waals surface area contributed by atoms with Gasteiger partial charge in [-0.15, -0.1) is 11.3 Å². The summed E-state index contributed by atoms with van der Waals surface area (Å²) in [5.74, 6) is 0.832. The van der Waals surface area contributed by atoms with Crippen LogP contribution in [0.4, 0.5) is 0 Å². The minimum atomic E-state index is 0.832. The van der Waals surface area contributed by atoms with Gasteiger partial charge in [0.05, 0.1) is 11.4 Å². The van der Waals surface area contributed by atoms with E-state index < -0.39 is 0 Å². The number of rotatable bonds is 3. The predicted molar refractivity (Wildman–Crippen MR) is 87.2 cm³/mol.